The number of ketones is 1. The third kappa shape index (κ3) is 3.55. The molecule has 6 nitrogen and oxygen atoms in total. The van der Waals surface area contributed by atoms with Gasteiger partial charge in [0.15, 0.2) is 0 Å². The van der Waals surface area contributed by atoms with Crippen LogP contribution in [0.4, 0.5) is 0 Å². The fourth-order valence-electron chi connectivity index (χ4n) is 3.08. The third-order valence-electron chi connectivity index (χ3n) is 4.48. The van der Waals surface area contributed by atoms with E-state index < -0.39 is 17.5 Å². The number of carboxylic acid groups (broad SMARTS) is 1. The molecule has 6 heteroatoms. The molecular weight excluding hydrogens is 346 g/mol. The van der Waals surface area contributed by atoms with Crippen molar-refractivity contribution >= 4 is 28.4 Å². The molecule has 0 aliphatic carbocycles. The van der Waals surface area contributed by atoms with Gasteiger partial charge in [-0.1, -0.05) is 29.8 Å². The molecule has 3 aromatic rings. The number of aliphatic hydroxyl groups excluding tert-OH is 1. The highest BCUT2D eigenvalue weighted by molar-refractivity contribution is 6.38. The second-order valence-corrected chi connectivity index (χ2v) is 6.47. The molecule has 0 spiro atoms. The summed E-state index contributed by atoms with van der Waals surface area (Å²) in [5, 5.41) is 29.7. The van der Waals surface area contributed by atoms with Gasteiger partial charge in [-0.2, -0.15) is 0 Å². The van der Waals surface area contributed by atoms with Gasteiger partial charge in [0.05, 0.1) is 10.9 Å². The number of rotatable bonds is 5. The molecule has 2 aromatic carbocycles. The van der Waals surface area contributed by atoms with Crippen molar-refractivity contribution in [2.24, 2.45) is 0 Å². The lowest BCUT2D eigenvalue weighted by molar-refractivity contribution is -0.146. The Labute approximate surface area is 155 Å². The zero-order chi connectivity index (χ0) is 19.7. The number of benzene rings is 2. The van der Waals surface area contributed by atoms with Crippen LogP contribution in [0.2, 0.25) is 0 Å². The molecule has 0 aliphatic rings. The standard InChI is InChI=1S/C21H19NO5/c1-12-6-7-13(2)14(8-12)10-22-11-15(18(24)9-19(25)21(26)27)20-16(22)4-3-5-17(20)23/h3-9,11,23-24H,10H2,1-2H3,(H,26,27)/b18-9-. The summed E-state index contributed by atoms with van der Waals surface area (Å²) < 4.78 is 1.85. The number of aromatic nitrogens is 1. The number of aliphatic hydroxyl groups is 1. The Morgan fingerprint density at radius 3 is 2.56 bits per heavy atom. The minimum atomic E-state index is -1.66. The monoisotopic (exact) mass is 365 g/mol. The maximum absolute atomic E-state index is 11.4. The first-order chi connectivity index (χ1) is 12.8. The summed E-state index contributed by atoms with van der Waals surface area (Å²) >= 11 is 0. The number of fused-ring (bicyclic) bond motifs is 1. The van der Waals surface area contributed by atoms with E-state index in [9.17, 15) is 19.8 Å². The molecule has 0 aliphatic heterocycles. The van der Waals surface area contributed by atoms with E-state index in [0.29, 0.717) is 23.5 Å². The highest BCUT2D eigenvalue weighted by Crippen LogP contribution is 2.33. The average molecular weight is 365 g/mol. The number of aliphatic carboxylic acids is 1. The highest BCUT2D eigenvalue weighted by Gasteiger charge is 2.18. The van der Waals surface area contributed by atoms with E-state index >= 15 is 0 Å². The van der Waals surface area contributed by atoms with Gasteiger partial charge in [-0.05, 0) is 37.1 Å². The SMILES string of the molecule is Cc1ccc(C)c(Cn2cc(/C(O)=C/C(=O)C(=O)O)c3c(O)cccc32)c1. The number of phenolic OH excluding ortho intramolecular Hbond substituents is 1. The molecule has 0 saturated heterocycles. The maximum Gasteiger partial charge on any atom is 0.376 e. The van der Waals surface area contributed by atoms with Crippen LogP contribution in [-0.2, 0) is 16.1 Å². The second kappa shape index (κ2) is 6.99. The summed E-state index contributed by atoms with van der Waals surface area (Å²) in [5.41, 5.74) is 4.15. The molecule has 0 fully saturated rings. The lowest BCUT2D eigenvalue weighted by Gasteiger charge is -2.10. The summed E-state index contributed by atoms with van der Waals surface area (Å²) in [4.78, 5) is 22.2. The Balaban J connectivity index is 2.15. The average Bonchev–Trinajstić information content (AvgIpc) is 2.98. The number of carbonyl (C=O) groups is 2. The summed E-state index contributed by atoms with van der Waals surface area (Å²) in [7, 11) is 0. The van der Waals surface area contributed by atoms with Gasteiger partial charge in [0, 0.05) is 24.4 Å². The van der Waals surface area contributed by atoms with E-state index in [1.54, 1.807) is 18.3 Å². The van der Waals surface area contributed by atoms with Gasteiger partial charge in [-0.25, -0.2) is 4.79 Å². The Morgan fingerprint density at radius 1 is 1.11 bits per heavy atom. The molecule has 0 saturated carbocycles. The molecule has 0 atom stereocenters. The summed E-state index contributed by atoms with van der Waals surface area (Å²) in [6.07, 6.45) is 2.25. The van der Waals surface area contributed by atoms with Gasteiger partial charge in [-0.15, -0.1) is 0 Å². The smallest absolute Gasteiger partial charge is 0.376 e. The van der Waals surface area contributed by atoms with Crippen molar-refractivity contribution in [2.45, 2.75) is 20.4 Å². The van der Waals surface area contributed by atoms with Gasteiger partial charge in [0.1, 0.15) is 11.5 Å². The van der Waals surface area contributed by atoms with E-state index in [1.165, 1.54) is 6.07 Å². The largest absolute Gasteiger partial charge is 0.507 e. The molecule has 0 bridgehead atoms. The van der Waals surface area contributed by atoms with E-state index in [-0.39, 0.29) is 11.3 Å². The molecule has 3 rings (SSSR count). The molecular formula is C21H19NO5. The third-order valence-corrected chi connectivity index (χ3v) is 4.48. The van der Waals surface area contributed by atoms with Gasteiger partial charge in [-0.3, -0.25) is 4.79 Å². The van der Waals surface area contributed by atoms with Crippen molar-refractivity contribution in [3.63, 3.8) is 0 Å². The summed E-state index contributed by atoms with van der Waals surface area (Å²) in [5.74, 6) is -3.47. The molecule has 1 aromatic heterocycles. The number of hydrogen-bond donors (Lipinski definition) is 3. The first-order valence-electron chi connectivity index (χ1n) is 8.33. The number of carboxylic acids is 1. The molecule has 138 valence electrons. The van der Waals surface area contributed by atoms with E-state index in [2.05, 4.69) is 6.07 Å². The van der Waals surface area contributed by atoms with Crippen LogP contribution in [0.5, 0.6) is 5.75 Å². The minimum Gasteiger partial charge on any atom is -0.507 e. The van der Waals surface area contributed by atoms with Crippen molar-refractivity contribution in [3.8, 4) is 5.75 Å². The predicted octanol–water partition coefficient (Wildman–Crippen LogP) is 3.56. The van der Waals surface area contributed by atoms with Gasteiger partial charge in [0.25, 0.3) is 5.78 Å². The Hall–Kier alpha value is -3.54. The van der Waals surface area contributed by atoms with Crippen molar-refractivity contribution in [1.82, 2.24) is 4.57 Å². The second-order valence-electron chi connectivity index (χ2n) is 6.47. The van der Waals surface area contributed by atoms with Crippen molar-refractivity contribution in [2.75, 3.05) is 0 Å². The molecule has 3 N–H and O–H groups in total. The summed E-state index contributed by atoms with van der Waals surface area (Å²) in [6, 6.07) is 11.1. The van der Waals surface area contributed by atoms with Crippen LogP contribution in [0.1, 0.15) is 22.3 Å². The van der Waals surface area contributed by atoms with Crippen molar-refractivity contribution in [3.05, 3.63) is 70.9 Å². The first-order valence-corrected chi connectivity index (χ1v) is 8.33. The number of hydrogen-bond acceptors (Lipinski definition) is 4. The normalized spacial score (nSPS) is 11.7. The molecule has 0 unspecified atom stereocenters. The lowest BCUT2D eigenvalue weighted by Crippen LogP contribution is -2.09. The van der Waals surface area contributed by atoms with E-state index in [4.69, 9.17) is 5.11 Å². The first kappa shape index (κ1) is 18.3. The number of phenols is 1. The Bertz CT molecular complexity index is 1090. The zero-order valence-corrected chi connectivity index (χ0v) is 14.9. The van der Waals surface area contributed by atoms with Crippen LogP contribution in [0.3, 0.4) is 0 Å². The van der Waals surface area contributed by atoms with Crippen LogP contribution >= 0.6 is 0 Å². The van der Waals surface area contributed by atoms with Gasteiger partial charge < -0.3 is 19.9 Å². The number of nitrogens with zero attached hydrogens (tertiary/aromatic N) is 1. The zero-order valence-electron chi connectivity index (χ0n) is 14.9. The topological polar surface area (TPSA) is 99.8 Å². The molecule has 0 radical (unpaired) electrons. The van der Waals surface area contributed by atoms with Crippen LogP contribution < -0.4 is 0 Å². The quantitative estimate of drug-likeness (QED) is 0.365. The van der Waals surface area contributed by atoms with Gasteiger partial charge in [0.2, 0.25) is 0 Å². The van der Waals surface area contributed by atoms with Crippen LogP contribution in [0, 0.1) is 13.8 Å². The van der Waals surface area contributed by atoms with Crippen LogP contribution in [0.25, 0.3) is 16.7 Å². The maximum atomic E-state index is 11.4. The van der Waals surface area contributed by atoms with Crippen molar-refractivity contribution in [1.29, 1.82) is 0 Å². The van der Waals surface area contributed by atoms with Crippen LogP contribution in [0.15, 0.2) is 48.7 Å². The lowest BCUT2D eigenvalue weighted by atomic mass is 10.1. The number of aryl methyl sites for hydroxylation is 2. The van der Waals surface area contributed by atoms with E-state index in [0.717, 1.165) is 16.7 Å². The molecule has 27 heavy (non-hydrogen) atoms. The molecule has 0 amide bonds. The van der Waals surface area contributed by atoms with Crippen molar-refractivity contribution < 1.29 is 24.9 Å². The fraction of sp³-hybridized carbons (Fsp3) is 0.143. The minimum absolute atomic E-state index is 0.0649. The van der Waals surface area contributed by atoms with Crippen LogP contribution in [-0.4, -0.2) is 31.6 Å². The number of aromatic hydroxyl groups is 1. The number of carbonyl (C=O) groups excluding carboxylic acids is 1. The van der Waals surface area contributed by atoms with Gasteiger partial charge >= 0.3 is 5.97 Å². The van der Waals surface area contributed by atoms with E-state index in [1.807, 2.05) is 30.5 Å². The fourth-order valence-corrected chi connectivity index (χ4v) is 3.08. The summed E-state index contributed by atoms with van der Waals surface area (Å²) in [6.45, 7) is 4.50. The molecule has 1 heterocycles. The highest BCUT2D eigenvalue weighted by atomic mass is 16.4. The Morgan fingerprint density at radius 2 is 1.85 bits per heavy atom. The Kier molecular flexibility index (Phi) is 4.73. The predicted molar refractivity (Wildman–Crippen MR) is 102 cm³/mol.